The van der Waals surface area contributed by atoms with Crippen molar-refractivity contribution >= 4 is 11.6 Å². The molecule has 0 aliphatic rings. The lowest BCUT2D eigenvalue weighted by Gasteiger charge is -2.18. The Morgan fingerprint density at radius 2 is 1.90 bits per heavy atom. The summed E-state index contributed by atoms with van der Waals surface area (Å²) >= 11 is 0. The van der Waals surface area contributed by atoms with Crippen LogP contribution in [0.4, 0.5) is 11.6 Å². The van der Waals surface area contributed by atoms with Crippen molar-refractivity contribution in [2.24, 2.45) is 7.05 Å². The molecule has 0 spiro atoms. The van der Waals surface area contributed by atoms with Crippen molar-refractivity contribution in [1.29, 1.82) is 0 Å². The number of nitrogens with zero attached hydrogens (tertiary/aromatic N) is 4. The zero-order chi connectivity index (χ0) is 14.8. The van der Waals surface area contributed by atoms with E-state index in [0.717, 1.165) is 23.3 Å². The van der Waals surface area contributed by atoms with E-state index in [2.05, 4.69) is 46.4 Å². The second-order valence-electron chi connectivity index (χ2n) is 5.77. The molecule has 0 atom stereocenters. The average Bonchev–Trinajstić information content (AvgIpc) is 2.80. The first kappa shape index (κ1) is 14.3. The van der Waals surface area contributed by atoms with E-state index in [-0.39, 0.29) is 5.41 Å². The Morgan fingerprint density at radius 1 is 1.20 bits per heavy atom. The second kappa shape index (κ2) is 5.48. The lowest BCUT2D eigenvalue weighted by atomic mass is 9.96. The molecule has 0 aliphatic heterocycles. The standard InChI is InChI=1S/C14H22N6/c1-14(2,3)13-18-10(15-4)8-11(19-13)17-9-12-16-6-7-20(12)5/h6-8H,9H2,1-5H3,(H2,15,17,18,19). The van der Waals surface area contributed by atoms with Crippen LogP contribution in [0.1, 0.15) is 32.4 Å². The van der Waals surface area contributed by atoms with Crippen molar-refractivity contribution in [3.05, 3.63) is 30.1 Å². The van der Waals surface area contributed by atoms with Gasteiger partial charge in [-0.3, -0.25) is 0 Å². The molecule has 0 fully saturated rings. The zero-order valence-electron chi connectivity index (χ0n) is 12.7. The molecule has 2 rings (SSSR count). The molecule has 2 aromatic heterocycles. The maximum atomic E-state index is 4.58. The summed E-state index contributed by atoms with van der Waals surface area (Å²) in [4.78, 5) is 13.4. The van der Waals surface area contributed by atoms with Crippen LogP contribution in [-0.2, 0) is 19.0 Å². The third-order valence-corrected chi connectivity index (χ3v) is 3.00. The first-order valence-corrected chi connectivity index (χ1v) is 6.67. The summed E-state index contributed by atoms with van der Waals surface area (Å²) in [5.41, 5.74) is -0.0908. The largest absolute Gasteiger partial charge is 0.373 e. The van der Waals surface area contributed by atoms with E-state index in [9.17, 15) is 0 Å². The van der Waals surface area contributed by atoms with E-state index < -0.39 is 0 Å². The molecular formula is C14H22N6. The number of aryl methyl sites for hydroxylation is 1. The van der Waals surface area contributed by atoms with Crippen LogP contribution < -0.4 is 10.6 Å². The molecule has 2 heterocycles. The Hall–Kier alpha value is -2.11. The number of imidazole rings is 1. The maximum absolute atomic E-state index is 4.58. The summed E-state index contributed by atoms with van der Waals surface area (Å²) < 4.78 is 1.98. The van der Waals surface area contributed by atoms with Gasteiger partial charge in [-0.15, -0.1) is 0 Å². The van der Waals surface area contributed by atoms with Crippen LogP contribution in [0.25, 0.3) is 0 Å². The normalized spacial score (nSPS) is 11.4. The van der Waals surface area contributed by atoms with Gasteiger partial charge in [0.25, 0.3) is 0 Å². The number of nitrogens with one attached hydrogen (secondary N) is 2. The molecule has 2 aromatic rings. The van der Waals surface area contributed by atoms with Crippen LogP contribution >= 0.6 is 0 Å². The summed E-state index contributed by atoms with van der Waals surface area (Å²) in [6, 6.07) is 1.90. The molecular weight excluding hydrogens is 252 g/mol. The van der Waals surface area contributed by atoms with Gasteiger partial charge in [0.2, 0.25) is 0 Å². The number of hydrogen-bond donors (Lipinski definition) is 2. The van der Waals surface area contributed by atoms with Crippen molar-refractivity contribution in [3.63, 3.8) is 0 Å². The number of rotatable bonds is 4. The first-order valence-electron chi connectivity index (χ1n) is 6.67. The van der Waals surface area contributed by atoms with E-state index in [1.165, 1.54) is 0 Å². The lowest BCUT2D eigenvalue weighted by Crippen LogP contribution is -2.18. The maximum Gasteiger partial charge on any atom is 0.138 e. The van der Waals surface area contributed by atoms with Gasteiger partial charge in [0.1, 0.15) is 23.3 Å². The van der Waals surface area contributed by atoms with Gasteiger partial charge in [-0.1, -0.05) is 20.8 Å². The summed E-state index contributed by atoms with van der Waals surface area (Å²) in [6.45, 7) is 6.94. The Balaban J connectivity index is 2.21. The molecule has 0 bridgehead atoms. The highest BCUT2D eigenvalue weighted by atomic mass is 15.1. The van der Waals surface area contributed by atoms with Crippen molar-refractivity contribution in [2.45, 2.75) is 32.7 Å². The SMILES string of the molecule is CNc1cc(NCc2nccn2C)nc(C(C)(C)C)n1. The topological polar surface area (TPSA) is 67.7 Å². The van der Waals surface area contributed by atoms with Gasteiger partial charge < -0.3 is 15.2 Å². The molecule has 0 aromatic carbocycles. The van der Waals surface area contributed by atoms with Crippen LogP contribution in [0.15, 0.2) is 18.5 Å². The third kappa shape index (κ3) is 3.26. The van der Waals surface area contributed by atoms with Crippen molar-refractivity contribution in [3.8, 4) is 0 Å². The smallest absolute Gasteiger partial charge is 0.138 e. The predicted octanol–water partition coefficient (Wildman–Crippen LogP) is 2.16. The molecule has 0 saturated heterocycles. The number of hydrogen-bond acceptors (Lipinski definition) is 5. The monoisotopic (exact) mass is 274 g/mol. The van der Waals surface area contributed by atoms with E-state index in [1.807, 2.05) is 30.9 Å². The molecule has 6 heteroatoms. The molecule has 6 nitrogen and oxygen atoms in total. The molecule has 20 heavy (non-hydrogen) atoms. The molecule has 2 N–H and O–H groups in total. The summed E-state index contributed by atoms with van der Waals surface area (Å²) in [6.07, 6.45) is 3.72. The van der Waals surface area contributed by atoms with Gasteiger partial charge in [-0.05, 0) is 0 Å². The highest BCUT2D eigenvalue weighted by Gasteiger charge is 2.19. The fraction of sp³-hybridized carbons (Fsp3) is 0.500. The van der Waals surface area contributed by atoms with Crippen molar-refractivity contribution in [2.75, 3.05) is 17.7 Å². The molecule has 0 aliphatic carbocycles. The van der Waals surface area contributed by atoms with Crippen LogP contribution in [0.5, 0.6) is 0 Å². The highest BCUT2D eigenvalue weighted by Crippen LogP contribution is 2.22. The van der Waals surface area contributed by atoms with Gasteiger partial charge in [0.15, 0.2) is 0 Å². The van der Waals surface area contributed by atoms with Crippen LogP contribution in [-0.4, -0.2) is 26.6 Å². The lowest BCUT2D eigenvalue weighted by molar-refractivity contribution is 0.546. The number of aromatic nitrogens is 4. The summed E-state index contributed by atoms with van der Waals surface area (Å²) in [5.74, 6) is 3.39. The van der Waals surface area contributed by atoms with Crippen molar-refractivity contribution in [1.82, 2.24) is 19.5 Å². The zero-order valence-corrected chi connectivity index (χ0v) is 12.7. The van der Waals surface area contributed by atoms with Gasteiger partial charge in [-0.2, -0.15) is 0 Å². The van der Waals surface area contributed by atoms with Gasteiger partial charge in [0, 0.05) is 38.0 Å². The van der Waals surface area contributed by atoms with Gasteiger partial charge >= 0.3 is 0 Å². The van der Waals surface area contributed by atoms with Crippen LogP contribution in [0.2, 0.25) is 0 Å². The quantitative estimate of drug-likeness (QED) is 0.894. The van der Waals surface area contributed by atoms with Gasteiger partial charge in [-0.25, -0.2) is 15.0 Å². The summed E-state index contributed by atoms with van der Waals surface area (Å²) in [7, 11) is 3.83. The van der Waals surface area contributed by atoms with Gasteiger partial charge in [0.05, 0.1) is 6.54 Å². The highest BCUT2D eigenvalue weighted by molar-refractivity contribution is 5.47. The van der Waals surface area contributed by atoms with E-state index in [1.54, 1.807) is 6.20 Å². The predicted molar refractivity (Wildman–Crippen MR) is 80.8 cm³/mol. The minimum Gasteiger partial charge on any atom is -0.373 e. The molecule has 108 valence electrons. The molecule has 0 unspecified atom stereocenters. The Labute approximate surface area is 119 Å². The minimum absolute atomic E-state index is 0.0908. The Morgan fingerprint density at radius 3 is 2.45 bits per heavy atom. The van der Waals surface area contributed by atoms with Crippen LogP contribution in [0.3, 0.4) is 0 Å². The molecule has 0 amide bonds. The number of anilines is 2. The Kier molecular flexibility index (Phi) is 3.92. The van der Waals surface area contributed by atoms with Crippen molar-refractivity contribution < 1.29 is 0 Å². The van der Waals surface area contributed by atoms with E-state index in [4.69, 9.17) is 0 Å². The molecule has 0 saturated carbocycles. The Bertz CT molecular complexity index is 582. The van der Waals surface area contributed by atoms with Crippen LogP contribution in [0, 0.1) is 0 Å². The molecule has 0 radical (unpaired) electrons. The van der Waals surface area contributed by atoms with E-state index in [0.29, 0.717) is 6.54 Å². The summed E-state index contributed by atoms with van der Waals surface area (Å²) in [5, 5.41) is 6.37. The first-order chi connectivity index (χ1) is 9.40. The average molecular weight is 274 g/mol. The fourth-order valence-corrected chi connectivity index (χ4v) is 1.74. The minimum atomic E-state index is -0.0908. The fourth-order valence-electron chi connectivity index (χ4n) is 1.74. The third-order valence-electron chi connectivity index (χ3n) is 3.00. The second-order valence-corrected chi connectivity index (χ2v) is 5.77. The van der Waals surface area contributed by atoms with E-state index >= 15 is 0 Å².